The van der Waals surface area contributed by atoms with Gasteiger partial charge in [-0.15, -0.1) is 0 Å². The number of nitrogens with zero attached hydrogens (tertiary/aromatic N) is 1. The van der Waals surface area contributed by atoms with Gasteiger partial charge >= 0.3 is 0 Å². The number of aliphatic hydroxyl groups excluding tert-OH is 1. The lowest BCUT2D eigenvalue weighted by Gasteiger charge is -2.39. The zero-order valence-corrected chi connectivity index (χ0v) is 10.2. The zero-order chi connectivity index (χ0) is 11.9. The van der Waals surface area contributed by atoms with E-state index in [-0.39, 0.29) is 24.2 Å². The van der Waals surface area contributed by atoms with E-state index >= 15 is 0 Å². The SMILES string of the molecule is CC(=O)N1C(C(C)(C)C)OCC1(C)CO. The normalized spacial score (nSPS) is 32.1. The Bertz CT molecular complexity index is 259. The fourth-order valence-electron chi connectivity index (χ4n) is 1.99. The van der Waals surface area contributed by atoms with E-state index in [4.69, 9.17) is 4.74 Å². The number of carbonyl (C=O) groups is 1. The molecule has 1 aliphatic heterocycles. The van der Waals surface area contributed by atoms with Gasteiger partial charge < -0.3 is 14.7 Å². The first-order chi connectivity index (χ1) is 6.72. The molecule has 1 heterocycles. The summed E-state index contributed by atoms with van der Waals surface area (Å²) in [6, 6.07) is 0. The highest BCUT2D eigenvalue weighted by atomic mass is 16.5. The van der Waals surface area contributed by atoms with Gasteiger partial charge in [-0.3, -0.25) is 4.79 Å². The van der Waals surface area contributed by atoms with Crippen LogP contribution >= 0.6 is 0 Å². The van der Waals surface area contributed by atoms with Crippen LogP contribution in [-0.4, -0.2) is 40.9 Å². The minimum Gasteiger partial charge on any atom is -0.394 e. The van der Waals surface area contributed by atoms with Crippen LogP contribution in [0.3, 0.4) is 0 Å². The van der Waals surface area contributed by atoms with Crippen LogP contribution in [0.5, 0.6) is 0 Å². The Morgan fingerprint density at radius 2 is 2.13 bits per heavy atom. The molecule has 1 fully saturated rings. The number of hydrogen-bond acceptors (Lipinski definition) is 3. The van der Waals surface area contributed by atoms with Gasteiger partial charge in [0, 0.05) is 12.3 Å². The molecule has 15 heavy (non-hydrogen) atoms. The maximum Gasteiger partial charge on any atom is 0.222 e. The molecule has 1 aliphatic rings. The summed E-state index contributed by atoms with van der Waals surface area (Å²) in [6.45, 7) is 9.76. The van der Waals surface area contributed by atoms with E-state index in [1.54, 1.807) is 4.90 Å². The predicted octanol–water partition coefficient (Wildman–Crippen LogP) is 0.988. The number of hydrogen-bond donors (Lipinski definition) is 1. The second-order valence-electron chi connectivity index (χ2n) is 5.57. The fraction of sp³-hybridized carbons (Fsp3) is 0.909. The summed E-state index contributed by atoms with van der Waals surface area (Å²) >= 11 is 0. The van der Waals surface area contributed by atoms with Gasteiger partial charge in [0.2, 0.25) is 5.91 Å². The van der Waals surface area contributed by atoms with E-state index in [2.05, 4.69) is 0 Å². The molecule has 0 aromatic rings. The molecule has 2 unspecified atom stereocenters. The lowest BCUT2D eigenvalue weighted by Crippen LogP contribution is -2.54. The van der Waals surface area contributed by atoms with Gasteiger partial charge in [0.15, 0.2) is 0 Å². The van der Waals surface area contributed by atoms with E-state index in [1.165, 1.54) is 6.92 Å². The first-order valence-corrected chi connectivity index (χ1v) is 5.25. The second-order valence-corrected chi connectivity index (χ2v) is 5.57. The molecular weight excluding hydrogens is 194 g/mol. The second kappa shape index (κ2) is 3.76. The van der Waals surface area contributed by atoms with Crippen molar-refractivity contribution in [1.29, 1.82) is 0 Å². The average molecular weight is 215 g/mol. The van der Waals surface area contributed by atoms with Crippen molar-refractivity contribution in [3.8, 4) is 0 Å². The third-order valence-electron chi connectivity index (χ3n) is 2.79. The highest BCUT2D eigenvalue weighted by Crippen LogP contribution is 2.36. The number of rotatable bonds is 1. The summed E-state index contributed by atoms with van der Waals surface area (Å²) in [4.78, 5) is 13.3. The largest absolute Gasteiger partial charge is 0.394 e. The molecule has 0 aromatic carbocycles. The van der Waals surface area contributed by atoms with Crippen molar-refractivity contribution in [2.24, 2.45) is 5.41 Å². The minimum atomic E-state index is -0.580. The third-order valence-corrected chi connectivity index (χ3v) is 2.79. The molecule has 1 saturated heterocycles. The highest BCUT2D eigenvalue weighted by Gasteiger charge is 2.49. The van der Waals surface area contributed by atoms with Crippen molar-refractivity contribution in [2.75, 3.05) is 13.2 Å². The fourth-order valence-corrected chi connectivity index (χ4v) is 1.99. The quantitative estimate of drug-likeness (QED) is 0.709. The number of carbonyl (C=O) groups excluding carboxylic acids is 1. The monoisotopic (exact) mass is 215 g/mol. The van der Waals surface area contributed by atoms with Gasteiger partial charge in [0.25, 0.3) is 0 Å². The molecule has 0 aliphatic carbocycles. The topological polar surface area (TPSA) is 49.8 Å². The molecule has 0 saturated carbocycles. The van der Waals surface area contributed by atoms with E-state index in [0.717, 1.165) is 0 Å². The van der Waals surface area contributed by atoms with Gasteiger partial charge in [-0.25, -0.2) is 0 Å². The molecule has 4 heteroatoms. The summed E-state index contributed by atoms with van der Waals surface area (Å²) in [5.41, 5.74) is -0.720. The predicted molar refractivity (Wildman–Crippen MR) is 57.2 cm³/mol. The van der Waals surface area contributed by atoms with Gasteiger partial charge in [0.1, 0.15) is 6.23 Å². The third kappa shape index (κ3) is 2.16. The number of aliphatic hydroxyl groups is 1. The molecular formula is C11H21NO3. The number of ether oxygens (including phenoxy) is 1. The van der Waals surface area contributed by atoms with Crippen molar-refractivity contribution in [3.63, 3.8) is 0 Å². The average Bonchev–Trinajstić information content (AvgIpc) is 2.43. The lowest BCUT2D eigenvalue weighted by atomic mass is 9.91. The number of amides is 1. The standard InChI is InChI=1S/C11H21NO3/c1-8(14)12-9(10(2,3)4)15-7-11(12,5)6-13/h9,13H,6-7H2,1-5H3. The molecule has 1 amide bonds. The Hall–Kier alpha value is -0.610. The smallest absolute Gasteiger partial charge is 0.222 e. The van der Waals surface area contributed by atoms with Crippen molar-refractivity contribution in [1.82, 2.24) is 4.90 Å². The molecule has 1 N–H and O–H groups in total. The van der Waals surface area contributed by atoms with Crippen LogP contribution in [0, 0.1) is 5.41 Å². The molecule has 4 nitrogen and oxygen atoms in total. The maximum absolute atomic E-state index is 11.6. The van der Waals surface area contributed by atoms with Crippen molar-refractivity contribution in [3.05, 3.63) is 0 Å². The summed E-state index contributed by atoms with van der Waals surface area (Å²) in [6.07, 6.45) is -0.257. The molecule has 88 valence electrons. The van der Waals surface area contributed by atoms with E-state index < -0.39 is 5.54 Å². The van der Waals surface area contributed by atoms with Crippen LogP contribution in [-0.2, 0) is 9.53 Å². The van der Waals surface area contributed by atoms with Crippen LogP contribution in [0.15, 0.2) is 0 Å². The zero-order valence-electron chi connectivity index (χ0n) is 10.2. The van der Waals surface area contributed by atoms with E-state index in [0.29, 0.717) is 6.61 Å². The minimum absolute atomic E-state index is 0.0519. The molecule has 0 bridgehead atoms. The molecule has 0 aromatic heterocycles. The Labute approximate surface area is 91.2 Å². The molecule has 0 spiro atoms. The van der Waals surface area contributed by atoms with Crippen molar-refractivity contribution >= 4 is 5.91 Å². The molecule has 0 radical (unpaired) electrons. The summed E-state index contributed by atoms with van der Waals surface area (Å²) in [5.74, 6) is -0.0519. The molecule has 1 rings (SSSR count). The summed E-state index contributed by atoms with van der Waals surface area (Å²) < 4.78 is 5.64. The Morgan fingerprint density at radius 1 is 1.60 bits per heavy atom. The van der Waals surface area contributed by atoms with Gasteiger partial charge in [-0.2, -0.15) is 0 Å². The van der Waals surface area contributed by atoms with Crippen LogP contribution in [0.2, 0.25) is 0 Å². The van der Waals surface area contributed by atoms with Crippen LogP contribution in [0.4, 0.5) is 0 Å². The highest BCUT2D eigenvalue weighted by molar-refractivity contribution is 5.74. The maximum atomic E-state index is 11.6. The van der Waals surface area contributed by atoms with Crippen LogP contribution in [0.25, 0.3) is 0 Å². The molecule has 2 atom stereocenters. The Morgan fingerprint density at radius 3 is 2.47 bits per heavy atom. The van der Waals surface area contributed by atoms with Gasteiger partial charge in [-0.1, -0.05) is 20.8 Å². The first kappa shape index (κ1) is 12.5. The van der Waals surface area contributed by atoms with E-state index in [1.807, 2.05) is 27.7 Å². The lowest BCUT2D eigenvalue weighted by molar-refractivity contribution is -0.145. The summed E-state index contributed by atoms with van der Waals surface area (Å²) in [5, 5.41) is 9.35. The Balaban J connectivity index is 3.00. The summed E-state index contributed by atoms with van der Waals surface area (Å²) in [7, 11) is 0. The van der Waals surface area contributed by atoms with E-state index in [9.17, 15) is 9.90 Å². The van der Waals surface area contributed by atoms with Gasteiger partial charge in [0.05, 0.1) is 18.8 Å². The van der Waals surface area contributed by atoms with Crippen LogP contribution < -0.4 is 0 Å². The van der Waals surface area contributed by atoms with Crippen molar-refractivity contribution in [2.45, 2.75) is 46.4 Å². The van der Waals surface area contributed by atoms with Crippen molar-refractivity contribution < 1.29 is 14.6 Å². The van der Waals surface area contributed by atoms with Crippen LogP contribution in [0.1, 0.15) is 34.6 Å². The van der Waals surface area contributed by atoms with Gasteiger partial charge in [-0.05, 0) is 6.92 Å². The first-order valence-electron chi connectivity index (χ1n) is 5.25. The Kier molecular flexibility index (Phi) is 3.12.